The van der Waals surface area contributed by atoms with Gasteiger partial charge in [0.2, 0.25) is 0 Å². The third-order valence-electron chi connectivity index (χ3n) is 3.54. The van der Waals surface area contributed by atoms with E-state index in [9.17, 15) is 4.79 Å². The van der Waals surface area contributed by atoms with Gasteiger partial charge in [0.05, 0.1) is 0 Å². The highest BCUT2D eigenvalue weighted by Gasteiger charge is 2.10. The highest BCUT2D eigenvalue weighted by molar-refractivity contribution is 6.06. The first-order valence-corrected chi connectivity index (χ1v) is 6.64. The van der Waals surface area contributed by atoms with Gasteiger partial charge in [-0.25, -0.2) is 0 Å². The molecule has 3 rings (SSSR count). The summed E-state index contributed by atoms with van der Waals surface area (Å²) in [5.41, 5.74) is 4.01. The molecular weight excluding hydrogens is 248 g/mol. The molecule has 0 unspecified atom stereocenters. The number of aromatic amines is 1. The van der Waals surface area contributed by atoms with Crippen LogP contribution in [0, 0.1) is 6.92 Å². The topological polar surface area (TPSA) is 44.9 Å². The lowest BCUT2D eigenvalue weighted by atomic mass is 10.1. The lowest BCUT2D eigenvalue weighted by Gasteiger charge is -2.08. The maximum absolute atomic E-state index is 12.3. The molecule has 1 aromatic heterocycles. The number of nitrogens with one attached hydrogen (secondary N) is 2. The summed E-state index contributed by atoms with van der Waals surface area (Å²) in [5.74, 6) is -0.0431. The van der Waals surface area contributed by atoms with Gasteiger partial charge in [0.15, 0.2) is 0 Å². The maximum Gasteiger partial charge on any atom is 0.252 e. The van der Waals surface area contributed by atoms with Crippen molar-refractivity contribution in [2.75, 3.05) is 0 Å². The third kappa shape index (κ3) is 2.30. The van der Waals surface area contributed by atoms with E-state index in [4.69, 9.17) is 0 Å². The van der Waals surface area contributed by atoms with E-state index in [1.165, 1.54) is 5.56 Å². The highest BCUT2D eigenvalue weighted by Crippen LogP contribution is 2.17. The minimum atomic E-state index is -0.0431. The van der Waals surface area contributed by atoms with Gasteiger partial charge in [-0.05, 0) is 36.2 Å². The minimum absolute atomic E-state index is 0.0431. The van der Waals surface area contributed by atoms with Gasteiger partial charge in [-0.1, -0.05) is 30.3 Å². The van der Waals surface area contributed by atoms with E-state index in [1.54, 1.807) is 0 Å². The molecule has 0 atom stereocenters. The van der Waals surface area contributed by atoms with Crippen LogP contribution in [-0.2, 0) is 6.54 Å². The fourth-order valence-corrected chi connectivity index (χ4v) is 2.36. The minimum Gasteiger partial charge on any atom is -0.361 e. The van der Waals surface area contributed by atoms with Crippen molar-refractivity contribution in [1.29, 1.82) is 0 Å². The molecule has 100 valence electrons. The van der Waals surface area contributed by atoms with Gasteiger partial charge in [0.1, 0.15) is 0 Å². The number of carbonyl (C=O) groups excluding carboxylic acids is 1. The summed E-state index contributed by atoms with van der Waals surface area (Å²) in [6.45, 7) is 2.60. The Bertz CT molecular complexity index is 758. The molecule has 0 aliphatic rings. The molecule has 0 aliphatic heterocycles. The van der Waals surface area contributed by atoms with Crippen molar-refractivity contribution in [2.45, 2.75) is 13.5 Å². The normalized spacial score (nSPS) is 10.7. The van der Waals surface area contributed by atoms with Crippen molar-refractivity contribution < 1.29 is 4.79 Å². The Morgan fingerprint density at radius 2 is 1.95 bits per heavy atom. The van der Waals surface area contributed by atoms with Crippen molar-refractivity contribution in [3.8, 4) is 0 Å². The summed E-state index contributed by atoms with van der Waals surface area (Å²) < 4.78 is 0. The number of aryl methyl sites for hydroxylation is 1. The first-order valence-electron chi connectivity index (χ1n) is 6.64. The van der Waals surface area contributed by atoms with E-state index in [1.807, 2.05) is 61.7 Å². The molecular formula is C17H16N2O. The Labute approximate surface area is 117 Å². The molecule has 1 heterocycles. The average Bonchev–Trinajstić information content (AvgIpc) is 2.94. The van der Waals surface area contributed by atoms with Crippen LogP contribution in [0.1, 0.15) is 21.5 Å². The summed E-state index contributed by atoms with van der Waals surface area (Å²) in [4.78, 5) is 15.4. The first kappa shape index (κ1) is 12.5. The molecule has 0 radical (unpaired) electrons. The number of aromatic nitrogens is 1. The fraction of sp³-hybridized carbons (Fsp3) is 0.118. The molecule has 2 aromatic carbocycles. The molecule has 0 fully saturated rings. The van der Waals surface area contributed by atoms with Crippen LogP contribution in [0.3, 0.4) is 0 Å². The second-order valence-electron chi connectivity index (χ2n) is 4.85. The van der Waals surface area contributed by atoms with Gasteiger partial charge >= 0.3 is 0 Å². The number of carbonyl (C=O) groups is 1. The quantitative estimate of drug-likeness (QED) is 0.748. The molecule has 0 spiro atoms. The molecule has 3 heteroatoms. The van der Waals surface area contributed by atoms with Gasteiger partial charge < -0.3 is 10.3 Å². The monoisotopic (exact) mass is 264 g/mol. The Hall–Kier alpha value is -2.55. The number of hydrogen-bond donors (Lipinski definition) is 2. The Morgan fingerprint density at radius 1 is 1.10 bits per heavy atom. The number of H-pyrrole nitrogens is 1. The van der Waals surface area contributed by atoms with Crippen molar-refractivity contribution in [3.05, 3.63) is 71.4 Å². The number of benzene rings is 2. The van der Waals surface area contributed by atoms with Crippen LogP contribution in [-0.4, -0.2) is 10.9 Å². The van der Waals surface area contributed by atoms with Gasteiger partial charge in [-0.2, -0.15) is 0 Å². The van der Waals surface area contributed by atoms with Crippen LogP contribution < -0.4 is 5.32 Å². The lowest BCUT2D eigenvalue weighted by molar-refractivity contribution is 0.0952. The van der Waals surface area contributed by atoms with Crippen molar-refractivity contribution >= 4 is 16.8 Å². The number of fused-ring (bicyclic) bond motifs is 1. The van der Waals surface area contributed by atoms with Crippen LogP contribution in [0.25, 0.3) is 10.9 Å². The summed E-state index contributed by atoms with van der Waals surface area (Å²) >= 11 is 0. The largest absolute Gasteiger partial charge is 0.361 e. The summed E-state index contributed by atoms with van der Waals surface area (Å²) in [5, 5.41) is 3.94. The van der Waals surface area contributed by atoms with Crippen molar-refractivity contribution in [1.82, 2.24) is 10.3 Å². The fourth-order valence-electron chi connectivity index (χ4n) is 2.36. The number of hydrogen-bond acceptors (Lipinski definition) is 1. The van der Waals surface area contributed by atoms with E-state index in [0.717, 1.165) is 16.5 Å². The number of rotatable bonds is 3. The molecule has 20 heavy (non-hydrogen) atoms. The second-order valence-corrected chi connectivity index (χ2v) is 4.85. The van der Waals surface area contributed by atoms with Crippen molar-refractivity contribution in [2.24, 2.45) is 0 Å². The van der Waals surface area contributed by atoms with E-state index >= 15 is 0 Å². The van der Waals surface area contributed by atoms with Gasteiger partial charge in [-0.15, -0.1) is 0 Å². The van der Waals surface area contributed by atoms with Gasteiger partial charge in [0, 0.05) is 29.2 Å². The number of amides is 1. The SMILES string of the molecule is Cc1ccccc1CNC(=O)c1cccc2[nH]ccc12. The Balaban J connectivity index is 1.80. The summed E-state index contributed by atoms with van der Waals surface area (Å²) in [6, 6.07) is 15.7. The predicted molar refractivity (Wildman–Crippen MR) is 80.6 cm³/mol. The smallest absolute Gasteiger partial charge is 0.252 e. The summed E-state index contributed by atoms with van der Waals surface area (Å²) in [7, 11) is 0. The molecule has 3 aromatic rings. The Morgan fingerprint density at radius 3 is 2.80 bits per heavy atom. The average molecular weight is 264 g/mol. The van der Waals surface area contributed by atoms with Crippen molar-refractivity contribution in [3.63, 3.8) is 0 Å². The van der Waals surface area contributed by atoms with Crippen LogP contribution in [0.5, 0.6) is 0 Å². The first-order chi connectivity index (χ1) is 9.75. The highest BCUT2D eigenvalue weighted by atomic mass is 16.1. The maximum atomic E-state index is 12.3. The van der Waals surface area contributed by atoms with Crippen LogP contribution in [0.4, 0.5) is 0 Å². The zero-order chi connectivity index (χ0) is 13.9. The van der Waals surface area contributed by atoms with E-state index in [2.05, 4.69) is 10.3 Å². The molecule has 2 N–H and O–H groups in total. The van der Waals surface area contributed by atoms with E-state index < -0.39 is 0 Å². The Kier molecular flexibility index (Phi) is 3.25. The molecule has 0 saturated heterocycles. The van der Waals surface area contributed by atoms with Crippen LogP contribution in [0.15, 0.2) is 54.7 Å². The van der Waals surface area contributed by atoms with Gasteiger partial charge in [0.25, 0.3) is 5.91 Å². The molecule has 1 amide bonds. The van der Waals surface area contributed by atoms with E-state index in [0.29, 0.717) is 12.1 Å². The van der Waals surface area contributed by atoms with Crippen LogP contribution >= 0.6 is 0 Å². The molecule has 0 aliphatic carbocycles. The molecule has 0 saturated carbocycles. The predicted octanol–water partition coefficient (Wildman–Crippen LogP) is 3.41. The molecule has 3 nitrogen and oxygen atoms in total. The zero-order valence-electron chi connectivity index (χ0n) is 11.3. The summed E-state index contributed by atoms with van der Waals surface area (Å²) in [6.07, 6.45) is 1.85. The standard InChI is InChI=1S/C17H16N2O/c1-12-5-2-3-6-13(12)11-19-17(20)15-7-4-8-16-14(15)9-10-18-16/h2-10,18H,11H2,1H3,(H,19,20). The van der Waals surface area contributed by atoms with Crippen LogP contribution in [0.2, 0.25) is 0 Å². The van der Waals surface area contributed by atoms with Gasteiger partial charge in [-0.3, -0.25) is 4.79 Å². The zero-order valence-corrected chi connectivity index (χ0v) is 11.3. The second kappa shape index (κ2) is 5.21. The van der Waals surface area contributed by atoms with E-state index in [-0.39, 0.29) is 5.91 Å². The lowest BCUT2D eigenvalue weighted by Crippen LogP contribution is -2.23. The third-order valence-corrected chi connectivity index (χ3v) is 3.54. The molecule has 0 bridgehead atoms.